The predicted octanol–water partition coefficient (Wildman–Crippen LogP) is 4.58. The molecule has 0 atom stereocenters. The van der Waals surface area contributed by atoms with E-state index >= 15 is 0 Å². The molecule has 3 aromatic rings. The summed E-state index contributed by atoms with van der Waals surface area (Å²) in [4.78, 5) is 15.1. The van der Waals surface area contributed by atoms with Crippen molar-refractivity contribution in [3.05, 3.63) is 70.0 Å². The van der Waals surface area contributed by atoms with Crippen molar-refractivity contribution in [3.8, 4) is 5.69 Å². The molecule has 2 aromatic carbocycles. The van der Waals surface area contributed by atoms with Crippen LogP contribution >= 0.6 is 15.9 Å². The predicted molar refractivity (Wildman–Crippen MR) is 112 cm³/mol. The number of aromatic nitrogens is 2. The number of amides is 1. The molecule has 0 fully saturated rings. The molecule has 0 unspecified atom stereocenters. The lowest BCUT2D eigenvalue weighted by Gasteiger charge is -2.17. The molecule has 0 saturated heterocycles. The van der Waals surface area contributed by atoms with E-state index in [-0.39, 0.29) is 5.91 Å². The largest absolute Gasteiger partial charge is 0.371 e. The van der Waals surface area contributed by atoms with Crippen LogP contribution in [0, 0.1) is 6.92 Å². The monoisotopic (exact) mass is 424 g/mol. The lowest BCUT2D eigenvalue weighted by Crippen LogP contribution is -2.19. The molecular weight excluding hydrogens is 404 g/mol. The van der Waals surface area contributed by atoms with Crippen LogP contribution in [0.2, 0.25) is 0 Å². The van der Waals surface area contributed by atoms with Crippen molar-refractivity contribution in [2.24, 2.45) is 0 Å². The zero-order chi connectivity index (χ0) is 19.0. The lowest BCUT2D eigenvalue weighted by atomic mass is 10.1. The minimum absolute atomic E-state index is 0.142. The normalized spacial score (nSPS) is 12.9. The first-order chi connectivity index (χ1) is 13.1. The first-order valence-corrected chi connectivity index (χ1v) is 9.86. The van der Waals surface area contributed by atoms with Crippen molar-refractivity contribution in [1.29, 1.82) is 0 Å². The number of nitrogens with zero attached hydrogens (tertiary/aromatic N) is 3. The average Bonchev–Trinajstić information content (AvgIpc) is 3.25. The minimum atomic E-state index is -0.142. The number of rotatable bonds is 4. The molecule has 6 heteroatoms. The number of carbonyl (C=O) groups excluding carboxylic acids is 1. The summed E-state index contributed by atoms with van der Waals surface area (Å²) in [7, 11) is 0. The van der Waals surface area contributed by atoms with Gasteiger partial charge in [-0.3, -0.25) is 4.79 Å². The van der Waals surface area contributed by atoms with Gasteiger partial charge in [-0.05, 0) is 62.2 Å². The highest BCUT2D eigenvalue weighted by molar-refractivity contribution is 9.10. The van der Waals surface area contributed by atoms with Gasteiger partial charge in [-0.1, -0.05) is 22.0 Å². The van der Waals surface area contributed by atoms with Gasteiger partial charge in [0.05, 0.1) is 23.1 Å². The van der Waals surface area contributed by atoms with Gasteiger partial charge in [-0.2, -0.15) is 5.10 Å². The molecule has 1 aliphatic rings. The van der Waals surface area contributed by atoms with Crippen LogP contribution in [0.4, 0.5) is 11.4 Å². The fraction of sp³-hybridized carbons (Fsp3) is 0.238. The number of nitrogens with one attached hydrogen (secondary N) is 1. The van der Waals surface area contributed by atoms with Crippen LogP contribution in [0.25, 0.3) is 5.69 Å². The molecule has 0 bridgehead atoms. The third-order valence-electron chi connectivity index (χ3n) is 5.04. The smallest absolute Gasteiger partial charge is 0.259 e. The van der Waals surface area contributed by atoms with Crippen molar-refractivity contribution >= 4 is 33.2 Å². The van der Waals surface area contributed by atoms with E-state index in [2.05, 4.69) is 50.3 Å². The van der Waals surface area contributed by atoms with E-state index in [1.807, 2.05) is 37.3 Å². The van der Waals surface area contributed by atoms with Crippen molar-refractivity contribution in [2.75, 3.05) is 23.3 Å². The van der Waals surface area contributed by atoms with Gasteiger partial charge >= 0.3 is 0 Å². The second-order valence-corrected chi connectivity index (χ2v) is 7.57. The maximum atomic E-state index is 12.8. The van der Waals surface area contributed by atoms with Crippen LogP contribution in [-0.2, 0) is 6.42 Å². The Morgan fingerprint density at radius 3 is 2.74 bits per heavy atom. The van der Waals surface area contributed by atoms with Gasteiger partial charge in [0, 0.05) is 28.9 Å². The molecule has 2 heterocycles. The Morgan fingerprint density at radius 2 is 2.00 bits per heavy atom. The van der Waals surface area contributed by atoms with E-state index < -0.39 is 0 Å². The first kappa shape index (κ1) is 17.8. The van der Waals surface area contributed by atoms with Gasteiger partial charge in [-0.25, -0.2) is 4.68 Å². The van der Waals surface area contributed by atoms with Crippen molar-refractivity contribution in [2.45, 2.75) is 20.3 Å². The van der Waals surface area contributed by atoms with Gasteiger partial charge < -0.3 is 10.2 Å². The highest BCUT2D eigenvalue weighted by atomic mass is 79.9. The van der Waals surface area contributed by atoms with Crippen LogP contribution in [0.5, 0.6) is 0 Å². The maximum absolute atomic E-state index is 12.8. The Kier molecular flexibility index (Phi) is 4.74. The topological polar surface area (TPSA) is 50.2 Å². The Bertz CT molecular complexity index is 994. The van der Waals surface area contributed by atoms with Gasteiger partial charge in [0.15, 0.2) is 0 Å². The molecule has 0 aliphatic carbocycles. The van der Waals surface area contributed by atoms with Crippen LogP contribution in [0.3, 0.4) is 0 Å². The molecule has 1 amide bonds. The summed E-state index contributed by atoms with van der Waals surface area (Å²) in [5.41, 5.74) is 5.68. The Hall–Kier alpha value is -2.60. The average molecular weight is 425 g/mol. The molecule has 5 nitrogen and oxygen atoms in total. The molecule has 0 saturated carbocycles. The fourth-order valence-electron chi connectivity index (χ4n) is 3.53. The number of hydrogen-bond acceptors (Lipinski definition) is 3. The molecule has 1 aliphatic heterocycles. The van der Waals surface area contributed by atoms with Crippen molar-refractivity contribution < 1.29 is 4.79 Å². The molecule has 0 radical (unpaired) electrons. The van der Waals surface area contributed by atoms with E-state index in [1.54, 1.807) is 10.9 Å². The van der Waals surface area contributed by atoms with Gasteiger partial charge in [0.1, 0.15) is 0 Å². The summed E-state index contributed by atoms with van der Waals surface area (Å²) in [6, 6.07) is 14.0. The third kappa shape index (κ3) is 3.37. The SMILES string of the molecule is CCN1CCc2ccc(NC(=O)c3cnn(-c4ccc(Br)cc4)c3C)cc21. The summed E-state index contributed by atoms with van der Waals surface area (Å²) in [5, 5.41) is 7.41. The van der Waals surface area contributed by atoms with Gasteiger partial charge in [-0.15, -0.1) is 0 Å². The summed E-state index contributed by atoms with van der Waals surface area (Å²) < 4.78 is 2.79. The van der Waals surface area contributed by atoms with Gasteiger partial charge in [0.2, 0.25) is 0 Å². The Balaban J connectivity index is 1.57. The lowest BCUT2D eigenvalue weighted by molar-refractivity contribution is 0.102. The highest BCUT2D eigenvalue weighted by Gasteiger charge is 2.19. The summed E-state index contributed by atoms with van der Waals surface area (Å²) in [6.07, 6.45) is 2.69. The minimum Gasteiger partial charge on any atom is -0.371 e. The first-order valence-electron chi connectivity index (χ1n) is 9.06. The zero-order valence-electron chi connectivity index (χ0n) is 15.4. The highest BCUT2D eigenvalue weighted by Crippen LogP contribution is 2.30. The molecule has 27 heavy (non-hydrogen) atoms. The number of fused-ring (bicyclic) bond motifs is 1. The van der Waals surface area contributed by atoms with Crippen molar-refractivity contribution in [3.63, 3.8) is 0 Å². The van der Waals surface area contributed by atoms with E-state index in [0.29, 0.717) is 5.56 Å². The Labute approximate surface area is 167 Å². The molecule has 4 rings (SSSR count). The summed E-state index contributed by atoms with van der Waals surface area (Å²) in [5.74, 6) is -0.142. The maximum Gasteiger partial charge on any atom is 0.259 e. The number of carbonyl (C=O) groups is 1. The zero-order valence-corrected chi connectivity index (χ0v) is 17.0. The second-order valence-electron chi connectivity index (χ2n) is 6.66. The molecule has 138 valence electrons. The molecule has 0 spiro atoms. The number of halogens is 1. The third-order valence-corrected chi connectivity index (χ3v) is 5.57. The quantitative estimate of drug-likeness (QED) is 0.666. The van der Waals surface area contributed by atoms with Crippen LogP contribution in [0.15, 0.2) is 53.1 Å². The summed E-state index contributed by atoms with van der Waals surface area (Å²) >= 11 is 3.44. The second kappa shape index (κ2) is 7.19. The van der Waals surface area contributed by atoms with Crippen LogP contribution < -0.4 is 10.2 Å². The van der Waals surface area contributed by atoms with E-state index in [9.17, 15) is 4.79 Å². The fourth-order valence-corrected chi connectivity index (χ4v) is 3.79. The van der Waals surface area contributed by atoms with E-state index in [0.717, 1.165) is 41.1 Å². The van der Waals surface area contributed by atoms with E-state index in [1.165, 1.54) is 11.3 Å². The summed E-state index contributed by atoms with van der Waals surface area (Å²) in [6.45, 7) is 6.08. The molecule has 1 N–H and O–H groups in total. The molecule has 1 aromatic heterocycles. The van der Waals surface area contributed by atoms with Gasteiger partial charge in [0.25, 0.3) is 5.91 Å². The van der Waals surface area contributed by atoms with Crippen molar-refractivity contribution in [1.82, 2.24) is 9.78 Å². The number of benzene rings is 2. The standard InChI is InChI=1S/C21H21BrN4O/c1-3-25-11-10-15-4-7-17(12-20(15)25)24-21(27)19-13-23-26(14(19)2)18-8-5-16(22)6-9-18/h4-9,12-13H,3,10-11H2,1-2H3,(H,24,27). The van der Waals surface area contributed by atoms with Crippen LogP contribution in [-0.4, -0.2) is 28.8 Å². The molecular formula is C21H21BrN4O. The van der Waals surface area contributed by atoms with E-state index in [4.69, 9.17) is 0 Å². The van der Waals surface area contributed by atoms with Crippen LogP contribution in [0.1, 0.15) is 28.5 Å². The Morgan fingerprint density at radius 1 is 1.22 bits per heavy atom. The number of anilines is 2. The number of hydrogen-bond donors (Lipinski definition) is 1. The number of likely N-dealkylation sites (N-methyl/N-ethyl adjacent to an activating group) is 1.